The van der Waals surface area contributed by atoms with Crippen molar-refractivity contribution in [1.29, 1.82) is 0 Å². The normalized spacial score (nSPS) is 15.2. The Morgan fingerprint density at radius 1 is 1.17 bits per heavy atom. The molecule has 0 heterocycles. The van der Waals surface area contributed by atoms with E-state index in [9.17, 15) is 9.59 Å². The molecule has 0 spiro atoms. The average molecular weight is 319 g/mol. The van der Waals surface area contributed by atoms with Crippen LogP contribution in [0.25, 0.3) is 0 Å². The van der Waals surface area contributed by atoms with Gasteiger partial charge in [0.25, 0.3) is 0 Å². The van der Waals surface area contributed by atoms with Gasteiger partial charge in [-0.15, -0.1) is 0 Å². The molecule has 0 saturated heterocycles. The van der Waals surface area contributed by atoms with Gasteiger partial charge in [0.2, 0.25) is 0 Å². The van der Waals surface area contributed by atoms with Gasteiger partial charge < -0.3 is 20.4 Å². The summed E-state index contributed by atoms with van der Waals surface area (Å²) in [5.41, 5.74) is 2.27. The van der Waals surface area contributed by atoms with Crippen LogP contribution in [-0.2, 0) is 9.59 Å². The molecule has 0 aliphatic heterocycles. The van der Waals surface area contributed by atoms with Crippen molar-refractivity contribution in [3.05, 3.63) is 29.8 Å². The van der Waals surface area contributed by atoms with E-state index in [1.165, 1.54) is 4.90 Å². The van der Waals surface area contributed by atoms with E-state index in [0.29, 0.717) is 6.54 Å². The van der Waals surface area contributed by atoms with Crippen molar-refractivity contribution >= 4 is 17.5 Å². The fourth-order valence-corrected chi connectivity index (χ4v) is 2.41. The topological polar surface area (TPSA) is 65.9 Å². The van der Waals surface area contributed by atoms with Gasteiger partial charge in [-0.3, -0.25) is 9.59 Å². The molecule has 1 aliphatic carbocycles. The first-order chi connectivity index (χ1) is 10.9. The van der Waals surface area contributed by atoms with E-state index in [0.717, 1.165) is 24.1 Å². The molecule has 1 saturated carbocycles. The summed E-state index contributed by atoms with van der Waals surface area (Å²) in [5.74, 6) is -1.07. The summed E-state index contributed by atoms with van der Waals surface area (Å²) in [6.07, 6.45) is 1.95. The first-order valence-electron chi connectivity index (χ1n) is 8.04. The standard InChI is InChI=1S/C17H26N4O2/c1-20(2)14-9-5-12(6-10-14)15(21(3)4)11-18-16(22)17(23)19-13-7-8-13/h5-6,9-10,13,15H,7-8,11H2,1-4H3,(H,18,22)(H,19,23)/p+1/t15-/m1/s1. The summed E-state index contributed by atoms with van der Waals surface area (Å²) in [4.78, 5) is 26.8. The van der Waals surface area contributed by atoms with E-state index >= 15 is 0 Å². The molecule has 1 aliphatic rings. The molecular weight excluding hydrogens is 292 g/mol. The van der Waals surface area contributed by atoms with Gasteiger partial charge in [0.05, 0.1) is 20.6 Å². The molecule has 3 N–H and O–H groups in total. The van der Waals surface area contributed by atoms with Gasteiger partial charge in [0.15, 0.2) is 0 Å². The molecule has 1 aromatic carbocycles. The molecule has 2 amide bonds. The van der Waals surface area contributed by atoms with Crippen molar-refractivity contribution in [3.8, 4) is 0 Å². The van der Waals surface area contributed by atoms with Crippen LogP contribution in [0, 0.1) is 0 Å². The highest BCUT2D eigenvalue weighted by Crippen LogP contribution is 2.18. The number of hydrogen-bond donors (Lipinski definition) is 3. The fourth-order valence-electron chi connectivity index (χ4n) is 2.41. The predicted molar refractivity (Wildman–Crippen MR) is 90.5 cm³/mol. The second-order valence-corrected chi connectivity index (χ2v) is 6.57. The quantitative estimate of drug-likeness (QED) is 0.610. The van der Waals surface area contributed by atoms with Crippen LogP contribution in [0.15, 0.2) is 24.3 Å². The van der Waals surface area contributed by atoms with Crippen molar-refractivity contribution in [2.75, 3.05) is 39.6 Å². The fraction of sp³-hybridized carbons (Fsp3) is 0.529. The summed E-state index contributed by atoms with van der Waals surface area (Å²) in [6, 6.07) is 8.57. The minimum Gasteiger partial charge on any atom is -0.378 e. The molecule has 1 aromatic rings. The molecule has 1 atom stereocenters. The maximum atomic E-state index is 11.9. The molecule has 0 aromatic heterocycles. The summed E-state index contributed by atoms with van der Waals surface area (Å²) >= 11 is 0. The number of nitrogens with zero attached hydrogens (tertiary/aromatic N) is 1. The number of quaternary nitrogens is 1. The Balaban J connectivity index is 1.95. The lowest BCUT2D eigenvalue weighted by Crippen LogP contribution is -3.07. The number of rotatable bonds is 6. The van der Waals surface area contributed by atoms with E-state index in [-0.39, 0.29) is 12.1 Å². The van der Waals surface area contributed by atoms with Gasteiger partial charge in [-0.2, -0.15) is 0 Å². The van der Waals surface area contributed by atoms with Gasteiger partial charge in [0.1, 0.15) is 6.04 Å². The lowest BCUT2D eigenvalue weighted by atomic mass is 10.1. The zero-order valence-corrected chi connectivity index (χ0v) is 14.3. The lowest BCUT2D eigenvalue weighted by Gasteiger charge is -2.23. The Kier molecular flexibility index (Phi) is 5.60. The third-order valence-corrected chi connectivity index (χ3v) is 4.09. The second-order valence-electron chi connectivity index (χ2n) is 6.57. The van der Waals surface area contributed by atoms with Crippen molar-refractivity contribution in [3.63, 3.8) is 0 Å². The zero-order valence-electron chi connectivity index (χ0n) is 14.3. The third kappa shape index (κ3) is 4.96. The molecule has 23 heavy (non-hydrogen) atoms. The van der Waals surface area contributed by atoms with Crippen LogP contribution in [0.4, 0.5) is 5.69 Å². The first kappa shape index (κ1) is 17.3. The van der Waals surface area contributed by atoms with Crippen molar-refractivity contribution < 1.29 is 14.5 Å². The number of carbonyl (C=O) groups excluding carboxylic acids is 2. The smallest absolute Gasteiger partial charge is 0.309 e. The molecule has 0 radical (unpaired) electrons. The molecule has 6 nitrogen and oxygen atoms in total. The SMILES string of the molecule is CN(C)c1ccc([C@@H](CNC(=O)C(=O)NC2CC2)[NH+](C)C)cc1. The van der Waals surface area contributed by atoms with Crippen LogP contribution in [-0.4, -0.2) is 52.6 Å². The molecule has 6 heteroatoms. The number of benzene rings is 1. The minimum absolute atomic E-state index is 0.101. The Labute approximate surface area is 137 Å². The predicted octanol–water partition coefficient (Wildman–Crippen LogP) is -0.667. The van der Waals surface area contributed by atoms with Crippen molar-refractivity contribution in [1.82, 2.24) is 10.6 Å². The van der Waals surface area contributed by atoms with Crippen LogP contribution < -0.4 is 20.4 Å². The molecule has 2 rings (SSSR count). The van der Waals surface area contributed by atoms with Crippen molar-refractivity contribution in [2.45, 2.75) is 24.9 Å². The summed E-state index contributed by atoms with van der Waals surface area (Å²) in [5, 5.41) is 5.45. The molecule has 126 valence electrons. The molecule has 0 bridgehead atoms. The summed E-state index contributed by atoms with van der Waals surface area (Å²) in [7, 11) is 8.09. The van der Waals surface area contributed by atoms with E-state index in [4.69, 9.17) is 0 Å². The number of amides is 2. The van der Waals surface area contributed by atoms with Crippen LogP contribution >= 0.6 is 0 Å². The molecule has 0 unspecified atom stereocenters. The summed E-state index contributed by atoms with van der Waals surface area (Å²) < 4.78 is 0. The highest BCUT2D eigenvalue weighted by atomic mass is 16.2. The lowest BCUT2D eigenvalue weighted by molar-refractivity contribution is -0.890. The third-order valence-electron chi connectivity index (χ3n) is 4.09. The number of likely N-dealkylation sites (N-methyl/N-ethyl adjacent to an activating group) is 1. The average Bonchev–Trinajstić information content (AvgIpc) is 3.31. The molecule has 1 fully saturated rings. The molecular formula is C17H27N4O2+. The van der Waals surface area contributed by atoms with E-state index in [1.54, 1.807) is 0 Å². The second kappa shape index (κ2) is 7.46. The number of anilines is 1. The van der Waals surface area contributed by atoms with Gasteiger partial charge in [0, 0.05) is 31.4 Å². The van der Waals surface area contributed by atoms with Gasteiger partial charge in [-0.1, -0.05) is 12.1 Å². The van der Waals surface area contributed by atoms with Crippen LogP contribution in [0.2, 0.25) is 0 Å². The monoisotopic (exact) mass is 319 g/mol. The largest absolute Gasteiger partial charge is 0.378 e. The number of nitrogens with one attached hydrogen (secondary N) is 3. The van der Waals surface area contributed by atoms with E-state index < -0.39 is 11.8 Å². The van der Waals surface area contributed by atoms with Crippen LogP contribution in [0.3, 0.4) is 0 Å². The Morgan fingerprint density at radius 2 is 1.78 bits per heavy atom. The Hall–Kier alpha value is -2.08. The minimum atomic E-state index is -0.548. The van der Waals surface area contributed by atoms with Gasteiger partial charge >= 0.3 is 11.8 Å². The summed E-state index contributed by atoms with van der Waals surface area (Å²) in [6.45, 7) is 0.431. The number of hydrogen-bond acceptors (Lipinski definition) is 3. The highest BCUT2D eigenvalue weighted by Gasteiger charge is 2.27. The maximum Gasteiger partial charge on any atom is 0.309 e. The van der Waals surface area contributed by atoms with Gasteiger partial charge in [-0.25, -0.2) is 0 Å². The van der Waals surface area contributed by atoms with E-state index in [2.05, 4.69) is 34.9 Å². The van der Waals surface area contributed by atoms with Crippen LogP contribution in [0.1, 0.15) is 24.4 Å². The Bertz CT molecular complexity index is 550. The first-order valence-corrected chi connectivity index (χ1v) is 8.04. The zero-order chi connectivity index (χ0) is 17.0. The number of carbonyl (C=O) groups is 2. The highest BCUT2D eigenvalue weighted by molar-refractivity contribution is 6.35. The van der Waals surface area contributed by atoms with Crippen molar-refractivity contribution in [2.24, 2.45) is 0 Å². The van der Waals surface area contributed by atoms with Crippen LogP contribution in [0.5, 0.6) is 0 Å². The van der Waals surface area contributed by atoms with E-state index in [1.807, 2.05) is 33.1 Å². The maximum absolute atomic E-state index is 11.9. The van der Waals surface area contributed by atoms with Gasteiger partial charge in [-0.05, 0) is 25.0 Å². The Morgan fingerprint density at radius 3 is 2.26 bits per heavy atom.